The van der Waals surface area contributed by atoms with E-state index in [0.29, 0.717) is 11.4 Å². The van der Waals surface area contributed by atoms with E-state index < -0.39 is 0 Å². The molecular formula is C19H16N2O2. The summed E-state index contributed by atoms with van der Waals surface area (Å²) in [5.41, 5.74) is 3.24. The number of nitrogens with one attached hydrogen (secondary N) is 1. The first-order valence-corrected chi connectivity index (χ1v) is 7.30. The molecule has 3 rings (SSSR count). The molecular weight excluding hydrogens is 288 g/mol. The Morgan fingerprint density at radius 1 is 0.913 bits per heavy atom. The van der Waals surface area contributed by atoms with Gasteiger partial charge in [-0.3, -0.25) is 14.2 Å². The fourth-order valence-corrected chi connectivity index (χ4v) is 2.43. The molecule has 1 N–H and O–H groups in total. The monoisotopic (exact) mass is 304 g/mol. The van der Waals surface area contributed by atoms with E-state index in [2.05, 4.69) is 5.32 Å². The van der Waals surface area contributed by atoms with Crippen LogP contribution in [0.25, 0.3) is 16.8 Å². The topological polar surface area (TPSA) is 51.1 Å². The summed E-state index contributed by atoms with van der Waals surface area (Å²) in [6.45, 7) is 1.45. The highest BCUT2D eigenvalue weighted by molar-refractivity contribution is 5.88. The van der Waals surface area contributed by atoms with Crippen LogP contribution in [-0.4, -0.2) is 10.5 Å². The SMILES string of the molecule is CC(=O)Nc1cccc(-n2cc(-c3ccccc3)ccc2=O)c1. The average molecular weight is 304 g/mol. The zero-order chi connectivity index (χ0) is 16.2. The highest BCUT2D eigenvalue weighted by Crippen LogP contribution is 2.19. The molecule has 0 radical (unpaired) electrons. The second-order valence-electron chi connectivity index (χ2n) is 5.22. The lowest BCUT2D eigenvalue weighted by Gasteiger charge is -2.10. The van der Waals surface area contributed by atoms with Crippen molar-refractivity contribution in [2.24, 2.45) is 0 Å². The molecule has 1 heterocycles. The summed E-state index contributed by atoms with van der Waals surface area (Å²) >= 11 is 0. The van der Waals surface area contributed by atoms with Crippen LogP contribution in [0.1, 0.15) is 6.92 Å². The van der Waals surface area contributed by atoms with Crippen molar-refractivity contribution in [3.05, 3.63) is 83.3 Å². The van der Waals surface area contributed by atoms with Crippen LogP contribution in [0.15, 0.2) is 77.7 Å². The first-order chi connectivity index (χ1) is 11.1. The summed E-state index contributed by atoms with van der Waals surface area (Å²) in [7, 11) is 0. The number of aromatic nitrogens is 1. The molecule has 1 amide bonds. The summed E-state index contributed by atoms with van der Waals surface area (Å²) in [4.78, 5) is 23.4. The van der Waals surface area contributed by atoms with E-state index in [9.17, 15) is 9.59 Å². The average Bonchev–Trinajstić information content (AvgIpc) is 2.56. The summed E-state index contributed by atoms with van der Waals surface area (Å²) < 4.78 is 1.58. The first-order valence-electron chi connectivity index (χ1n) is 7.30. The Morgan fingerprint density at radius 2 is 1.70 bits per heavy atom. The van der Waals surface area contributed by atoms with Gasteiger partial charge in [0, 0.05) is 24.9 Å². The van der Waals surface area contributed by atoms with E-state index in [0.717, 1.165) is 11.1 Å². The molecule has 114 valence electrons. The molecule has 4 nitrogen and oxygen atoms in total. The molecule has 0 saturated carbocycles. The van der Waals surface area contributed by atoms with Crippen molar-refractivity contribution in [3.8, 4) is 16.8 Å². The van der Waals surface area contributed by atoms with Crippen LogP contribution in [0.2, 0.25) is 0 Å². The zero-order valence-electron chi connectivity index (χ0n) is 12.7. The Bertz CT molecular complexity index is 898. The summed E-state index contributed by atoms with van der Waals surface area (Å²) in [6.07, 6.45) is 1.81. The Kier molecular flexibility index (Phi) is 4.06. The molecule has 3 aromatic rings. The lowest BCUT2D eigenvalue weighted by Crippen LogP contribution is -2.16. The number of amides is 1. The fraction of sp³-hybridized carbons (Fsp3) is 0.0526. The Labute approximate surface area is 134 Å². The van der Waals surface area contributed by atoms with Crippen molar-refractivity contribution in [2.75, 3.05) is 5.32 Å². The summed E-state index contributed by atoms with van der Waals surface area (Å²) in [6, 6.07) is 20.4. The number of anilines is 1. The lowest BCUT2D eigenvalue weighted by atomic mass is 10.1. The highest BCUT2D eigenvalue weighted by Gasteiger charge is 2.05. The standard InChI is InChI=1S/C19H16N2O2/c1-14(22)20-17-8-5-9-18(12-17)21-13-16(10-11-19(21)23)15-6-3-2-4-7-15/h2-13H,1H3,(H,20,22). The maximum Gasteiger partial charge on any atom is 0.255 e. The molecule has 0 saturated heterocycles. The van der Waals surface area contributed by atoms with E-state index in [1.165, 1.54) is 6.92 Å². The number of pyridine rings is 1. The van der Waals surface area contributed by atoms with Crippen molar-refractivity contribution in [3.63, 3.8) is 0 Å². The van der Waals surface area contributed by atoms with Gasteiger partial charge in [0.15, 0.2) is 0 Å². The van der Waals surface area contributed by atoms with Crippen LogP contribution in [0, 0.1) is 0 Å². The van der Waals surface area contributed by atoms with Crippen LogP contribution in [0.4, 0.5) is 5.69 Å². The molecule has 0 spiro atoms. The van der Waals surface area contributed by atoms with Crippen LogP contribution >= 0.6 is 0 Å². The van der Waals surface area contributed by atoms with E-state index in [1.54, 1.807) is 22.8 Å². The normalized spacial score (nSPS) is 10.3. The molecule has 0 bridgehead atoms. The molecule has 0 unspecified atom stereocenters. The van der Waals surface area contributed by atoms with Gasteiger partial charge in [0.2, 0.25) is 5.91 Å². The molecule has 0 fully saturated rings. The van der Waals surface area contributed by atoms with Crippen LogP contribution < -0.4 is 10.9 Å². The van der Waals surface area contributed by atoms with Gasteiger partial charge in [-0.05, 0) is 35.4 Å². The van der Waals surface area contributed by atoms with Crippen molar-refractivity contribution in [2.45, 2.75) is 6.92 Å². The number of carbonyl (C=O) groups excluding carboxylic acids is 1. The van der Waals surface area contributed by atoms with Gasteiger partial charge < -0.3 is 5.32 Å². The van der Waals surface area contributed by atoms with Crippen LogP contribution in [-0.2, 0) is 4.79 Å². The Balaban J connectivity index is 2.06. The summed E-state index contributed by atoms with van der Waals surface area (Å²) in [5, 5.41) is 2.73. The maximum atomic E-state index is 12.2. The molecule has 0 aliphatic carbocycles. The predicted octanol–water partition coefficient (Wildman–Crippen LogP) is 3.46. The number of carbonyl (C=O) groups is 1. The van der Waals surface area contributed by atoms with E-state index in [1.807, 2.05) is 54.7 Å². The third kappa shape index (κ3) is 3.37. The molecule has 2 aromatic carbocycles. The van der Waals surface area contributed by atoms with Gasteiger partial charge in [-0.1, -0.05) is 36.4 Å². The third-order valence-electron chi connectivity index (χ3n) is 3.46. The van der Waals surface area contributed by atoms with Gasteiger partial charge in [-0.25, -0.2) is 0 Å². The Morgan fingerprint density at radius 3 is 2.43 bits per heavy atom. The largest absolute Gasteiger partial charge is 0.326 e. The second-order valence-corrected chi connectivity index (χ2v) is 5.22. The van der Waals surface area contributed by atoms with Crippen LogP contribution in [0.3, 0.4) is 0 Å². The predicted molar refractivity (Wildman–Crippen MR) is 91.8 cm³/mol. The van der Waals surface area contributed by atoms with Gasteiger partial charge in [0.1, 0.15) is 0 Å². The van der Waals surface area contributed by atoms with Gasteiger partial charge in [0.25, 0.3) is 5.56 Å². The summed E-state index contributed by atoms with van der Waals surface area (Å²) in [5.74, 6) is -0.146. The molecule has 0 atom stereocenters. The minimum atomic E-state index is -0.146. The number of hydrogen-bond donors (Lipinski definition) is 1. The second kappa shape index (κ2) is 6.32. The third-order valence-corrected chi connectivity index (χ3v) is 3.46. The van der Waals surface area contributed by atoms with E-state index >= 15 is 0 Å². The maximum absolute atomic E-state index is 12.2. The fourth-order valence-electron chi connectivity index (χ4n) is 2.43. The number of benzene rings is 2. The van der Waals surface area contributed by atoms with Gasteiger partial charge >= 0.3 is 0 Å². The number of nitrogens with zero attached hydrogens (tertiary/aromatic N) is 1. The minimum Gasteiger partial charge on any atom is -0.326 e. The quantitative estimate of drug-likeness (QED) is 0.805. The molecule has 23 heavy (non-hydrogen) atoms. The smallest absolute Gasteiger partial charge is 0.255 e. The van der Waals surface area contributed by atoms with Crippen molar-refractivity contribution < 1.29 is 4.79 Å². The molecule has 1 aromatic heterocycles. The van der Waals surface area contributed by atoms with Crippen molar-refractivity contribution in [1.29, 1.82) is 0 Å². The number of rotatable bonds is 3. The van der Waals surface area contributed by atoms with Crippen molar-refractivity contribution in [1.82, 2.24) is 4.57 Å². The highest BCUT2D eigenvalue weighted by atomic mass is 16.1. The van der Waals surface area contributed by atoms with Crippen molar-refractivity contribution >= 4 is 11.6 Å². The molecule has 0 aliphatic rings. The van der Waals surface area contributed by atoms with E-state index in [-0.39, 0.29) is 11.5 Å². The minimum absolute atomic E-state index is 0.121. The zero-order valence-corrected chi connectivity index (χ0v) is 12.7. The first kappa shape index (κ1) is 14.8. The molecule has 0 aliphatic heterocycles. The Hall–Kier alpha value is -3.14. The van der Waals surface area contributed by atoms with Gasteiger partial charge in [0.05, 0.1) is 5.69 Å². The van der Waals surface area contributed by atoms with Gasteiger partial charge in [-0.15, -0.1) is 0 Å². The lowest BCUT2D eigenvalue weighted by molar-refractivity contribution is -0.114. The molecule has 4 heteroatoms. The number of hydrogen-bond acceptors (Lipinski definition) is 2. The van der Waals surface area contributed by atoms with E-state index in [4.69, 9.17) is 0 Å². The van der Waals surface area contributed by atoms with Crippen LogP contribution in [0.5, 0.6) is 0 Å². The van der Waals surface area contributed by atoms with Gasteiger partial charge in [-0.2, -0.15) is 0 Å².